The van der Waals surface area contributed by atoms with Crippen LogP contribution in [0, 0.1) is 12.8 Å². The lowest BCUT2D eigenvalue weighted by molar-refractivity contribution is 0.403. The van der Waals surface area contributed by atoms with Gasteiger partial charge in [0.1, 0.15) is 0 Å². The van der Waals surface area contributed by atoms with Gasteiger partial charge in [-0.25, -0.2) is 9.97 Å². The van der Waals surface area contributed by atoms with E-state index in [9.17, 15) is 0 Å². The predicted molar refractivity (Wildman–Crippen MR) is 88.7 cm³/mol. The summed E-state index contributed by atoms with van der Waals surface area (Å²) < 4.78 is 0. The summed E-state index contributed by atoms with van der Waals surface area (Å²) in [6.07, 6.45) is 5.47. The minimum atomic E-state index is 0.562. The van der Waals surface area contributed by atoms with Crippen molar-refractivity contribution in [2.45, 2.75) is 46.1 Å². The Bertz CT molecular complexity index is 618. The van der Waals surface area contributed by atoms with Crippen LogP contribution >= 0.6 is 11.3 Å². The quantitative estimate of drug-likeness (QED) is 0.937. The van der Waals surface area contributed by atoms with Crippen molar-refractivity contribution in [1.29, 1.82) is 0 Å². The van der Waals surface area contributed by atoms with Crippen LogP contribution in [0.5, 0.6) is 0 Å². The normalized spacial score (nSPS) is 18.0. The summed E-state index contributed by atoms with van der Waals surface area (Å²) in [6, 6.07) is 0.562. The molecule has 2 heterocycles. The van der Waals surface area contributed by atoms with E-state index in [4.69, 9.17) is 4.98 Å². The van der Waals surface area contributed by atoms with E-state index < -0.39 is 0 Å². The van der Waals surface area contributed by atoms with Crippen molar-refractivity contribution in [2.75, 3.05) is 6.54 Å². The molecule has 0 saturated heterocycles. The van der Waals surface area contributed by atoms with E-state index in [0.29, 0.717) is 6.04 Å². The third-order valence-electron chi connectivity index (χ3n) is 4.16. The molecule has 0 spiro atoms. The molecule has 1 unspecified atom stereocenters. The first-order valence-electron chi connectivity index (χ1n) is 7.75. The van der Waals surface area contributed by atoms with Crippen molar-refractivity contribution >= 4 is 11.3 Å². The monoisotopic (exact) mass is 301 g/mol. The molecular weight excluding hydrogens is 278 g/mol. The number of thiophene rings is 1. The lowest BCUT2D eigenvalue weighted by Gasteiger charge is -2.25. The molecule has 0 aliphatic heterocycles. The summed E-state index contributed by atoms with van der Waals surface area (Å²) >= 11 is 1.72. The number of rotatable bonds is 4. The predicted octanol–water partition coefficient (Wildman–Crippen LogP) is 3.62. The zero-order valence-corrected chi connectivity index (χ0v) is 13.8. The van der Waals surface area contributed by atoms with Crippen molar-refractivity contribution in [3.8, 4) is 11.4 Å². The number of nitrogens with one attached hydrogen (secondary N) is 1. The van der Waals surface area contributed by atoms with Crippen LogP contribution in [0.2, 0.25) is 0 Å². The van der Waals surface area contributed by atoms with E-state index in [-0.39, 0.29) is 0 Å². The molecule has 0 saturated carbocycles. The molecule has 0 fully saturated rings. The van der Waals surface area contributed by atoms with Gasteiger partial charge in [0.05, 0.1) is 0 Å². The third kappa shape index (κ3) is 3.33. The van der Waals surface area contributed by atoms with Gasteiger partial charge in [0, 0.05) is 28.9 Å². The van der Waals surface area contributed by atoms with Crippen LogP contribution in [0.15, 0.2) is 17.0 Å². The van der Waals surface area contributed by atoms with Gasteiger partial charge in [-0.1, -0.05) is 13.8 Å². The molecule has 0 radical (unpaired) electrons. The summed E-state index contributed by atoms with van der Waals surface area (Å²) in [4.78, 5) is 9.42. The maximum absolute atomic E-state index is 4.82. The Labute approximate surface area is 130 Å². The van der Waals surface area contributed by atoms with Gasteiger partial charge in [0.2, 0.25) is 0 Å². The second-order valence-electron chi connectivity index (χ2n) is 6.31. The smallest absolute Gasteiger partial charge is 0.160 e. The van der Waals surface area contributed by atoms with Gasteiger partial charge in [-0.3, -0.25) is 0 Å². The number of aromatic nitrogens is 2. The Hall–Kier alpha value is -1.26. The first kappa shape index (κ1) is 14.7. The molecule has 1 N–H and O–H groups in total. The highest BCUT2D eigenvalue weighted by molar-refractivity contribution is 7.08. The van der Waals surface area contributed by atoms with Crippen LogP contribution in [0.4, 0.5) is 0 Å². The van der Waals surface area contributed by atoms with Gasteiger partial charge in [-0.05, 0) is 55.2 Å². The summed E-state index contributed by atoms with van der Waals surface area (Å²) in [7, 11) is 0. The van der Waals surface area contributed by atoms with Crippen molar-refractivity contribution in [3.63, 3.8) is 0 Å². The average Bonchev–Trinajstić information content (AvgIpc) is 2.90. The van der Waals surface area contributed by atoms with Crippen molar-refractivity contribution in [2.24, 2.45) is 5.92 Å². The number of hydrogen-bond donors (Lipinski definition) is 1. The molecule has 0 aromatic carbocycles. The molecule has 2 aromatic heterocycles. The number of aryl methyl sites for hydroxylation is 2. The van der Waals surface area contributed by atoms with E-state index >= 15 is 0 Å². The van der Waals surface area contributed by atoms with Crippen LogP contribution in [-0.2, 0) is 12.8 Å². The van der Waals surface area contributed by atoms with Crippen molar-refractivity contribution < 1.29 is 0 Å². The van der Waals surface area contributed by atoms with Crippen LogP contribution < -0.4 is 5.32 Å². The Morgan fingerprint density at radius 1 is 1.38 bits per heavy atom. The summed E-state index contributed by atoms with van der Waals surface area (Å²) in [5.74, 6) is 1.61. The third-order valence-corrected chi connectivity index (χ3v) is 5.02. The molecule has 3 nitrogen and oxygen atoms in total. The SMILES string of the molecule is Cc1cscc1-c1ncc2c(n1)CCC(CNC(C)C)C2. The second kappa shape index (κ2) is 6.24. The first-order valence-corrected chi connectivity index (χ1v) is 8.69. The lowest BCUT2D eigenvalue weighted by Crippen LogP contribution is -2.32. The molecule has 2 aromatic rings. The Balaban J connectivity index is 1.75. The van der Waals surface area contributed by atoms with Crippen LogP contribution in [0.3, 0.4) is 0 Å². The van der Waals surface area contributed by atoms with E-state index in [0.717, 1.165) is 31.1 Å². The van der Waals surface area contributed by atoms with E-state index in [1.165, 1.54) is 28.8 Å². The Morgan fingerprint density at radius 3 is 2.95 bits per heavy atom. The number of hydrogen-bond acceptors (Lipinski definition) is 4. The van der Waals surface area contributed by atoms with Gasteiger partial charge in [-0.2, -0.15) is 11.3 Å². The molecular formula is C17H23N3S. The molecule has 112 valence electrons. The minimum absolute atomic E-state index is 0.562. The summed E-state index contributed by atoms with van der Waals surface area (Å²) in [6.45, 7) is 7.63. The number of nitrogens with zero attached hydrogens (tertiary/aromatic N) is 2. The maximum Gasteiger partial charge on any atom is 0.160 e. The molecule has 0 bridgehead atoms. The van der Waals surface area contributed by atoms with E-state index in [1.807, 2.05) is 0 Å². The molecule has 0 amide bonds. The first-order chi connectivity index (χ1) is 10.1. The number of fused-ring (bicyclic) bond motifs is 1. The zero-order chi connectivity index (χ0) is 14.8. The molecule has 1 atom stereocenters. The van der Waals surface area contributed by atoms with Gasteiger partial charge < -0.3 is 5.32 Å². The van der Waals surface area contributed by atoms with Gasteiger partial charge >= 0.3 is 0 Å². The Morgan fingerprint density at radius 2 is 2.24 bits per heavy atom. The van der Waals surface area contributed by atoms with Crippen molar-refractivity contribution in [1.82, 2.24) is 15.3 Å². The standard InChI is InChI=1S/C17H23N3S/c1-11(2)18-7-13-4-5-16-14(6-13)8-19-17(20-16)15-10-21-9-12(15)3/h8-11,13,18H,4-7H2,1-3H3. The fraction of sp³-hybridized carbons (Fsp3) is 0.529. The summed E-state index contributed by atoms with van der Waals surface area (Å²) in [5, 5.41) is 7.85. The largest absolute Gasteiger partial charge is 0.314 e. The molecule has 4 heteroatoms. The zero-order valence-electron chi connectivity index (χ0n) is 13.0. The van der Waals surface area contributed by atoms with Crippen LogP contribution in [0.25, 0.3) is 11.4 Å². The van der Waals surface area contributed by atoms with Crippen LogP contribution in [-0.4, -0.2) is 22.6 Å². The molecule has 3 rings (SSSR count). The van der Waals surface area contributed by atoms with Crippen molar-refractivity contribution in [3.05, 3.63) is 33.8 Å². The summed E-state index contributed by atoms with van der Waals surface area (Å²) in [5.41, 5.74) is 5.06. The topological polar surface area (TPSA) is 37.8 Å². The Kier molecular flexibility index (Phi) is 4.36. The maximum atomic E-state index is 4.82. The fourth-order valence-electron chi connectivity index (χ4n) is 2.88. The highest BCUT2D eigenvalue weighted by Crippen LogP contribution is 2.28. The molecule has 21 heavy (non-hydrogen) atoms. The van der Waals surface area contributed by atoms with E-state index in [1.54, 1.807) is 11.3 Å². The highest BCUT2D eigenvalue weighted by Gasteiger charge is 2.21. The van der Waals surface area contributed by atoms with Gasteiger partial charge in [0.15, 0.2) is 5.82 Å². The second-order valence-corrected chi connectivity index (χ2v) is 7.05. The lowest BCUT2D eigenvalue weighted by atomic mass is 9.87. The van der Waals surface area contributed by atoms with Crippen LogP contribution in [0.1, 0.15) is 37.1 Å². The fourth-order valence-corrected chi connectivity index (χ4v) is 3.71. The van der Waals surface area contributed by atoms with Gasteiger partial charge in [0.25, 0.3) is 0 Å². The molecule has 1 aliphatic carbocycles. The molecule has 1 aliphatic rings. The average molecular weight is 301 g/mol. The minimum Gasteiger partial charge on any atom is -0.314 e. The van der Waals surface area contributed by atoms with E-state index in [2.05, 4.69) is 48.0 Å². The van der Waals surface area contributed by atoms with Gasteiger partial charge in [-0.15, -0.1) is 0 Å². The highest BCUT2D eigenvalue weighted by atomic mass is 32.1.